The van der Waals surface area contributed by atoms with E-state index in [1.165, 1.54) is 0 Å². The number of hydrogen-bond acceptors (Lipinski definition) is 3. The average Bonchev–Trinajstić information content (AvgIpc) is 2.16. The molecule has 14 heavy (non-hydrogen) atoms. The molecule has 0 bridgehead atoms. The van der Waals surface area contributed by atoms with Gasteiger partial charge in [0.1, 0.15) is 0 Å². The number of hydrogen-bond donors (Lipinski definition) is 1. The van der Waals surface area contributed by atoms with E-state index in [0.717, 1.165) is 0 Å². The molecule has 1 rings (SSSR count). The maximum atomic E-state index is 11.5. The Hall–Kier alpha value is -1.10. The standard InChI is InChI=1S/C9H15NO4/c1-6(2)8(11)10-3-4-14-7(5-10)9(12)13/h6-7H,3-5H2,1-2H3,(H,12,13). The van der Waals surface area contributed by atoms with Gasteiger partial charge in [0.05, 0.1) is 13.2 Å². The quantitative estimate of drug-likeness (QED) is 0.680. The summed E-state index contributed by atoms with van der Waals surface area (Å²) >= 11 is 0. The zero-order chi connectivity index (χ0) is 10.7. The highest BCUT2D eigenvalue weighted by Gasteiger charge is 2.29. The smallest absolute Gasteiger partial charge is 0.334 e. The van der Waals surface area contributed by atoms with Crippen molar-refractivity contribution in [1.29, 1.82) is 0 Å². The van der Waals surface area contributed by atoms with E-state index in [-0.39, 0.29) is 18.4 Å². The van der Waals surface area contributed by atoms with Crippen LogP contribution in [0.4, 0.5) is 0 Å². The van der Waals surface area contributed by atoms with Crippen LogP contribution < -0.4 is 0 Å². The minimum Gasteiger partial charge on any atom is -0.479 e. The van der Waals surface area contributed by atoms with Gasteiger partial charge in [-0.3, -0.25) is 4.79 Å². The van der Waals surface area contributed by atoms with E-state index in [1.54, 1.807) is 18.7 Å². The second-order valence-electron chi connectivity index (χ2n) is 3.64. The predicted octanol–water partition coefficient (Wildman–Crippen LogP) is -0.0456. The van der Waals surface area contributed by atoms with E-state index in [2.05, 4.69) is 0 Å². The number of carbonyl (C=O) groups excluding carboxylic acids is 1. The molecule has 1 unspecified atom stereocenters. The third-order valence-corrected chi connectivity index (χ3v) is 2.15. The lowest BCUT2D eigenvalue weighted by Crippen LogP contribution is -2.49. The molecule has 0 aromatic carbocycles. The number of carbonyl (C=O) groups is 2. The maximum absolute atomic E-state index is 11.5. The lowest BCUT2D eigenvalue weighted by atomic mass is 10.1. The molecule has 1 atom stereocenters. The van der Waals surface area contributed by atoms with Gasteiger partial charge < -0.3 is 14.7 Å². The summed E-state index contributed by atoms with van der Waals surface area (Å²) in [5, 5.41) is 8.71. The minimum absolute atomic E-state index is 0.0143. The molecule has 0 aromatic rings. The van der Waals surface area contributed by atoms with E-state index < -0.39 is 12.1 Å². The molecule has 5 heteroatoms. The van der Waals surface area contributed by atoms with Crippen LogP contribution in [0.15, 0.2) is 0 Å². The van der Waals surface area contributed by atoms with Gasteiger partial charge in [-0.25, -0.2) is 4.79 Å². The second kappa shape index (κ2) is 4.41. The zero-order valence-corrected chi connectivity index (χ0v) is 8.40. The summed E-state index contributed by atoms with van der Waals surface area (Å²) in [5.41, 5.74) is 0. The van der Waals surface area contributed by atoms with E-state index in [1.807, 2.05) is 0 Å². The first kappa shape index (κ1) is 11.0. The number of rotatable bonds is 2. The fourth-order valence-electron chi connectivity index (χ4n) is 1.36. The van der Waals surface area contributed by atoms with Gasteiger partial charge in [0.25, 0.3) is 0 Å². The monoisotopic (exact) mass is 201 g/mol. The van der Waals surface area contributed by atoms with E-state index in [9.17, 15) is 9.59 Å². The summed E-state index contributed by atoms with van der Waals surface area (Å²) in [7, 11) is 0. The van der Waals surface area contributed by atoms with Gasteiger partial charge in [0, 0.05) is 12.5 Å². The summed E-state index contributed by atoms with van der Waals surface area (Å²) in [4.78, 5) is 23.7. The van der Waals surface area contributed by atoms with Crippen molar-refractivity contribution in [2.45, 2.75) is 20.0 Å². The highest BCUT2D eigenvalue weighted by atomic mass is 16.5. The molecule has 1 heterocycles. The molecule has 80 valence electrons. The summed E-state index contributed by atoms with van der Waals surface area (Å²) in [5.74, 6) is -1.12. The lowest BCUT2D eigenvalue weighted by Gasteiger charge is -2.31. The van der Waals surface area contributed by atoms with Crippen LogP contribution in [0.5, 0.6) is 0 Å². The van der Waals surface area contributed by atoms with Crippen molar-refractivity contribution in [3.8, 4) is 0 Å². The molecular formula is C9H15NO4. The Labute approximate surface area is 82.6 Å². The summed E-state index contributed by atoms with van der Waals surface area (Å²) in [6, 6.07) is 0. The van der Waals surface area contributed by atoms with Crippen molar-refractivity contribution in [3.63, 3.8) is 0 Å². The van der Waals surface area contributed by atoms with E-state index in [0.29, 0.717) is 13.2 Å². The highest BCUT2D eigenvalue weighted by Crippen LogP contribution is 2.09. The van der Waals surface area contributed by atoms with Gasteiger partial charge in [-0.1, -0.05) is 13.8 Å². The largest absolute Gasteiger partial charge is 0.479 e. The van der Waals surface area contributed by atoms with Crippen molar-refractivity contribution in [2.24, 2.45) is 5.92 Å². The van der Waals surface area contributed by atoms with Crippen molar-refractivity contribution in [1.82, 2.24) is 4.90 Å². The number of carboxylic acids is 1. The number of morpholine rings is 1. The van der Waals surface area contributed by atoms with Crippen LogP contribution >= 0.6 is 0 Å². The molecule has 1 amide bonds. The fourth-order valence-corrected chi connectivity index (χ4v) is 1.36. The molecule has 0 spiro atoms. The van der Waals surface area contributed by atoms with Crippen LogP contribution in [-0.2, 0) is 14.3 Å². The second-order valence-corrected chi connectivity index (χ2v) is 3.64. The molecular weight excluding hydrogens is 186 g/mol. The SMILES string of the molecule is CC(C)C(=O)N1CCOC(C(=O)O)C1. The maximum Gasteiger partial charge on any atom is 0.334 e. The number of nitrogens with zero attached hydrogens (tertiary/aromatic N) is 1. The molecule has 0 saturated carbocycles. The van der Waals surface area contributed by atoms with Crippen molar-refractivity contribution >= 4 is 11.9 Å². The molecule has 0 aromatic heterocycles. The molecule has 1 aliphatic heterocycles. The van der Waals surface area contributed by atoms with E-state index >= 15 is 0 Å². The Morgan fingerprint density at radius 1 is 1.50 bits per heavy atom. The van der Waals surface area contributed by atoms with Crippen LogP contribution in [0.3, 0.4) is 0 Å². The first-order valence-corrected chi connectivity index (χ1v) is 4.65. The van der Waals surface area contributed by atoms with Gasteiger partial charge in [0.2, 0.25) is 5.91 Å². The molecule has 0 radical (unpaired) electrons. The third-order valence-electron chi connectivity index (χ3n) is 2.15. The number of ether oxygens (including phenoxy) is 1. The Kier molecular flexibility index (Phi) is 3.46. The van der Waals surface area contributed by atoms with Crippen LogP contribution in [-0.4, -0.2) is 47.7 Å². The van der Waals surface area contributed by atoms with Gasteiger partial charge >= 0.3 is 5.97 Å². The summed E-state index contributed by atoms with van der Waals surface area (Å²) in [6.07, 6.45) is -0.869. The topological polar surface area (TPSA) is 66.8 Å². The highest BCUT2D eigenvalue weighted by molar-refractivity contribution is 5.80. The average molecular weight is 201 g/mol. The Balaban J connectivity index is 2.56. The first-order chi connectivity index (χ1) is 6.52. The Morgan fingerprint density at radius 3 is 2.64 bits per heavy atom. The molecule has 1 fully saturated rings. The molecule has 0 aliphatic carbocycles. The van der Waals surface area contributed by atoms with Crippen LogP contribution in [0, 0.1) is 5.92 Å². The van der Waals surface area contributed by atoms with Gasteiger partial charge in [-0.2, -0.15) is 0 Å². The minimum atomic E-state index is -1.01. The van der Waals surface area contributed by atoms with Crippen LogP contribution in [0.25, 0.3) is 0 Å². The number of aliphatic carboxylic acids is 1. The Morgan fingerprint density at radius 2 is 2.14 bits per heavy atom. The van der Waals surface area contributed by atoms with E-state index in [4.69, 9.17) is 9.84 Å². The number of amides is 1. The van der Waals surface area contributed by atoms with Crippen molar-refractivity contribution < 1.29 is 19.4 Å². The van der Waals surface area contributed by atoms with Crippen LogP contribution in [0.1, 0.15) is 13.8 Å². The van der Waals surface area contributed by atoms with Gasteiger partial charge in [-0.05, 0) is 0 Å². The first-order valence-electron chi connectivity index (χ1n) is 4.65. The van der Waals surface area contributed by atoms with Crippen molar-refractivity contribution in [3.05, 3.63) is 0 Å². The normalized spacial score (nSPS) is 22.5. The molecule has 1 aliphatic rings. The van der Waals surface area contributed by atoms with Gasteiger partial charge in [-0.15, -0.1) is 0 Å². The van der Waals surface area contributed by atoms with Crippen molar-refractivity contribution in [2.75, 3.05) is 19.7 Å². The predicted molar refractivity (Wildman–Crippen MR) is 48.8 cm³/mol. The zero-order valence-electron chi connectivity index (χ0n) is 8.40. The molecule has 1 saturated heterocycles. The lowest BCUT2D eigenvalue weighted by molar-refractivity contribution is -0.160. The Bertz CT molecular complexity index is 239. The van der Waals surface area contributed by atoms with Crippen LogP contribution in [0.2, 0.25) is 0 Å². The molecule has 5 nitrogen and oxygen atoms in total. The van der Waals surface area contributed by atoms with Gasteiger partial charge in [0.15, 0.2) is 6.10 Å². The molecule has 1 N–H and O–H groups in total. The summed E-state index contributed by atoms with van der Waals surface area (Å²) in [6.45, 7) is 4.55. The third kappa shape index (κ3) is 2.45. The fraction of sp³-hybridized carbons (Fsp3) is 0.778. The summed E-state index contributed by atoms with van der Waals surface area (Å²) < 4.78 is 5.01. The number of carboxylic acid groups (broad SMARTS) is 1.